The van der Waals surface area contributed by atoms with Gasteiger partial charge >= 0.3 is 5.97 Å². The molecule has 0 spiro atoms. The lowest BCUT2D eigenvalue weighted by atomic mass is 10.2. The maximum absolute atomic E-state index is 13.9. The van der Waals surface area contributed by atoms with Crippen LogP contribution >= 0.6 is 11.3 Å². The molecule has 0 aliphatic rings. The van der Waals surface area contributed by atoms with Gasteiger partial charge in [-0.1, -0.05) is 6.07 Å². The summed E-state index contributed by atoms with van der Waals surface area (Å²) in [7, 11) is -4.04. The van der Waals surface area contributed by atoms with Crippen LogP contribution in [0, 0.1) is 11.6 Å². The lowest BCUT2D eigenvalue weighted by molar-refractivity contribution is 0.0685. The van der Waals surface area contributed by atoms with Crippen LogP contribution in [0.2, 0.25) is 0 Å². The molecule has 21 heavy (non-hydrogen) atoms. The fourth-order valence-electron chi connectivity index (χ4n) is 1.77. The highest BCUT2D eigenvalue weighted by molar-refractivity contribution is 7.91. The van der Waals surface area contributed by atoms with Gasteiger partial charge in [-0.25, -0.2) is 22.0 Å². The standard InChI is InChI=1S/C13H10F2O4S2/c14-9-3-4-10(12(15)11(9)13(16)17)21(18,19)7-5-8-2-1-6-20-8/h1-4,6H,5,7H2,(H,16,17). The number of sulfone groups is 1. The Kier molecular flexibility index (Phi) is 4.38. The van der Waals surface area contributed by atoms with Gasteiger partial charge in [0.25, 0.3) is 0 Å². The summed E-state index contributed by atoms with van der Waals surface area (Å²) >= 11 is 1.36. The predicted octanol–water partition coefficient (Wildman–Crippen LogP) is 2.74. The third kappa shape index (κ3) is 3.27. The number of aryl methyl sites for hydroxylation is 1. The summed E-state index contributed by atoms with van der Waals surface area (Å²) in [6.45, 7) is 0. The van der Waals surface area contributed by atoms with Crippen molar-refractivity contribution in [1.29, 1.82) is 0 Å². The quantitative estimate of drug-likeness (QED) is 0.855. The molecule has 0 saturated heterocycles. The van der Waals surface area contributed by atoms with E-state index >= 15 is 0 Å². The Labute approximate surface area is 123 Å². The van der Waals surface area contributed by atoms with Crippen molar-refractivity contribution in [1.82, 2.24) is 0 Å². The van der Waals surface area contributed by atoms with Gasteiger partial charge in [-0.15, -0.1) is 11.3 Å². The van der Waals surface area contributed by atoms with Gasteiger partial charge in [0.05, 0.1) is 5.75 Å². The molecule has 1 N–H and O–H groups in total. The highest BCUT2D eigenvalue weighted by Crippen LogP contribution is 2.23. The minimum absolute atomic E-state index is 0.180. The number of halogens is 2. The second-order valence-electron chi connectivity index (χ2n) is 4.19. The largest absolute Gasteiger partial charge is 0.477 e. The fraction of sp³-hybridized carbons (Fsp3) is 0.154. The topological polar surface area (TPSA) is 71.4 Å². The summed E-state index contributed by atoms with van der Waals surface area (Å²) in [5, 5.41) is 10.5. The van der Waals surface area contributed by atoms with E-state index in [1.54, 1.807) is 17.5 Å². The number of carboxylic acids is 1. The average molecular weight is 332 g/mol. The van der Waals surface area contributed by atoms with Crippen LogP contribution in [0.5, 0.6) is 0 Å². The van der Waals surface area contributed by atoms with E-state index in [-0.39, 0.29) is 12.2 Å². The van der Waals surface area contributed by atoms with Crippen molar-refractivity contribution in [2.75, 3.05) is 5.75 Å². The third-order valence-corrected chi connectivity index (χ3v) is 5.47. The molecule has 0 saturated carbocycles. The summed E-state index contributed by atoms with van der Waals surface area (Å²) in [4.78, 5) is 10.8. The lowest BCUT2D eigenvalue weighted by Crippen LogP contribution is -2.14. The van der Waals surface area contributed by atoms with Crippen molar-refractivity contribution in [3.63, 3.8) is 0 Å². The van der Waals surface area contributed by atoms with Crippen LogP contribution in [0.25, 0.3) is 0 Å². The van der Waals surface area contributed by atoms with E-state index in [2.05, 4.69) is 0 Å². The van der Waals surface area contributed by atoms with Gasteiger partial charge < -0.3 is 5.11 Å². The molecule has 0 atom stereocenters. The lowest BCUT2D eigenvalue weighted by Gasteiger charge is -2.07. The Hall–Kier alpha value is -1.80. The van der Waals surface area contributed by atoms with E-state index in [0.29, 0.717) is 6.07 Å². The number of thiophene rings is 1. The molecule has 8 heteroatoms. The third-order valence-electron chi connectivity index (χ3n) is 2.80. The number of carbonyl (C=O) groups is 1. The smallest absolute Gasteiger partial charge is 0.341 e. The van der Waals surface area contributed by atoms with Gasteiger partial charge in [-0.05, 0) is 30.0 Å². The van der Waals surface area contributed by atoms with Gasteiger partial charge in [0.2, 0.25) is 0 Å². The normalized spacial score (nSPS) is 11.5. The number of hydrogen-bond acceptors (Lipinski definition) is 4. The molecular weight excluding hydrogens is 322 g/mol. The van der Waals surface area contributed by atoms with Crippen molar-refractivity contribution < 1.29 is 27.1 Å². The van der Waals surface area contributed by atoms with E-state index in [0.717, 1.165) is 10.9 Å². The van der Waals surface area contributed by atoms with E-state index in [1.165, 1.54) is 11.3 Å². The zero-order chi connectivity index (χ0) is 15.6. The van der Waals surface area contributed by atoms with Gasteiger partial charge in [0.1, 0.15) is 16.3 Å². The van der Waals surface area contributed by atoms with Crippen LogP contribution in [0.4, 0.5) is 8.78 Å². The van der Waals surface area contributed by atoms with Crippen LogP contribution in [0.15, 0.2) is 34.5 Å². The van der Waals surface area contributed by atoms with Gasteiger partial charge in [0.15, 0.2) is 15.7 Å². The molecule has 2 aromatic rings. The van der Waals surface area contributed by atoms with Crippen LogP contribution in [0.3, 0.4) is 0 Å². The maximum Gasteiger partial charge on any atom is 0.341 e. The van der Waals surface area contributed by atoms with E-state index in [1.807, 2.05) is 0 Å². The average Bonchev–Trinajstić information content (AvgIpc) is 2.88. The molecular formula is C13H10F2O4S2. The Morgan fingerprint density at radius 1 is 1.24 bits per heavy atom. The van der Waals surface area contributed by atoms with Crippen molar-refractivity contribution in [3.05, 3.63) is 51.7 Å². The molecule has 0 bridgehead atoms. The second-order valence-corrected chi connectivity index (χ2v) is 7.30. The number of aromatic carboxylic acids is 1. The first-order chi connectivity index (χ1) is 9.83. The number of carboxylic acid groups (broad SMARTS) is 1. The van der Waals surface area contributed by atoms with Crippen molar-refractivity contribution >= 4 is 27.1 Å². The molecule has 0 aliphatic carbocycles. The first-order valence-electron chi connectivity index (χ1n) is 5.79. The minimum atomic E-state index is -4.04. The molecule has 1 heterocycles. The zero-order valence-electron chi connectivity index (χ0n) is 10.5. The predicted molar refractivity (Wildman–Crippen MR) is 73.4 cm³/mol. The minimum Gasteiger partial charge on any atom is -0.477 e. The summed E-state index contributed by atoms with van der Waals surface area (Å²) in [5.74, 6) is -5.10. The SMILES string of the molecule is O=C(O)c1c(F)ccc(S(=O)(=O)CCc2cccs2)c1F. The molecule has 112 valence electrons. The second kappa shape index (κ2) is 5.90. The van der Waals surface area contributed by atoms with Gasteiger partial charge in [0, 0.05) is 4.88 Å². The summed E-state index contributed by atoms with van der Waals surface area (Å²) in [6, 6.07) is 4.89. The highest BCUT2D eigenvalue weighted by atomic mass is 32.2. The van der Waals surface area contributed by atoms with Gasteiger partial charge in [-0.3, -0.25) is 0 Å². The number of benzene rings is 1. The molecule has 0 aliphatic heterocycles. The highest BCUT2D eigenvalue weighted by Gasteiger charge is 2.26. The molecule has 4 nitrogen and oxygen atoms in total. The van der Waals surface area contributed by atoms with E-state index < -0.39 is 37.9 Å². The first-order valence-corrected chi connectivity index (χ1v) is 8.32. The van der Waals surface area contributed by atoms with E-state index in [9.17, 15) is 22.0 Å². The molecule has 0 amide bonds. The van der Waals surface area contributed by atoms with Crippen LogP contribution in [0.1, 0.15) is 15.2 Å². The number of rotatable bonds is 5. The zero-order valence-corrected chi connectivity index (χ0v) is 12.2. The monoisotopic (exact) mass is 332 g/mol. The molecule has 0 unspecified atom stereocenters. The van der Waals surface area contributed by atoms with Crippen LogP contribution in [-0.4, -0.2) is 25.2 Å². The summed E-state index contributed by atoms with van der Waals surface area (Å²) in [6.07, 6.45) is 0.180. The first kappa shape index (κ1) is 15.6. The Morgan fingerprint density at radius 3 is 2.52 bits per heavy atom. The Morgan fingerprint density at radius 2 is 1.95 bits per heavy atom. The molecule has 0 radical (unpaired) electrons. The van der Waals surface area contributed by atoms with E-state index in [4.69, 9.17) is 5.11 Å². The molecule has 1 aromatic heterocycles. The number of hydrogen-bond donors (Lipinski definition) is 1. The fourth-order valence-corrected chi connectivity index (χ4v) is 3.97. The maximum atomic E-state index is 13.9. The summed E-state index contributed by atoms with van der Waals surface area (Å²) < 4.78 is 51.4. The Bertz CT molecular complexity index is 768. The van der Waals surface area contributed by atoms with Crippen LogP contribution < -0.4 is 0 Å². The summed E-state index contributed by atoms with van der Waals surface area (Å²) in [5.41, 5.74) is -1.26. The van der Waals surface area contributed by atoms with Crippen molar-refractivity contribution in [3.8, 4) is 0 Å². The Balaban J connectivity index is 2.36. The van der Waals surface area contributed by atoms with Gasteiger partial charge in [-0.2, -0.15) is 0 Å². The van der Waals surface area contributed by atoms with Crippen molar-refractivity contribution in [2.45, 2.75) is 11.3 Å². The van der Waals surface area contributed by atoms with Crippen molar-refractivity contribution in [2.24, 2.45) is 0 Å². The molecule has 0 fully saturated rings. The van der Waals surface area contributed by atoms with Crippen LogP contribution in [-0.2, 0) is 16.3 Å². The molecule has 2 rings (SSSR count). The molecule has 1 aromatic carbocycles.